The molecule has 1 saturated carbocycles. The van der Waals surface area contributed by atoms with Crippen molar-refractivity contribution in [1.82, 2.24) is 5.32 Å². The molecule has 1 saturated heterocycles. The Morgan fingerprint density at radius 1 is 1.39 bits per heavy atom. The maximum Gasteiger partial charge on any atom is 0.0877 e. The topological polar surface area (TPSA) is 21.3 Å². The van der Waals surface area contributed by atoms with Crippen molar-refractivity contribution in [2.24, 2.45) is 5.92 Å². The molecule has 0 radical (unpaired) electrons. The SMILES string of the molecule is CC1CCCC2(CC1)OCCNC2c1ccsc1. The molecule has 100 valence electrons. The van der Waals surface area contributed by atoms with Crippen molar-refractivity contribution in [3.63, 3.8) is 0 Å². The highest BCUT2D eigenvalue weighted by Gasteiger charge is 2.43. The molecule has 3 rings (SSSR count). The fraction of sp³-hybridized carbons (Fsp3) is 0.733. The van der Waals surface area contributed by atoms with Gasteiger partial charge in [0.1, 0.15) is 0 Å². The second kappa shape index (κ2) is 5.32. The van der Waals surface area contributed by atoms with Gasteiger partial charge < -0.3 is 10.1 Å². The molecule has 3 heteroatoms. The summed E-state index contributed by atoms with van der Waals surface area (Å²) in [5.41, 5.74) is 1.48. The van der Waals surface area contributed by atoms with Crippen LogP contribution in [0.2, 0.25) is 0 Å². The average Bonchev–Trinajstić information content (AvgIpc) is 2.84. The lowest BCUT2D eigenvalue weighted by atomic mass is 9.82. The van der Waals surface area contributed by atoms with Gasteiger partial charge in [-0.3, -0.25) is 0 Å². The van der Waals surface area contributed by atoms with E-state index in [9.17, 15) is 0 Å². The van der Waals surface area contributed by atoms with Crippen LogP contribution in [0.5, 0.6) is 0 Å². The van der Waals surface area contributed by atoms with Crippen LogP contribution in [-0.2, 0) is 4.74 Å². The lowest BCUT2D eigenvalue weighted by molar-refractivity contribution is -0.108. The summed E-state index contributed by atoms with van der Waals surface area (Å²) in [6, 6.07) is 2.66. The van der Waals surface area contributed by atoms with Crippen LogP contribution in [0.1, 0.15) is 50.6 Å². The fourth-order valence-electron chi connectivity index (χ4n) is 3.53. The van der Waals surface area contributed by atoms with Crippen molar-refractivity contribution in [2.75, 3.05) is 13.2 Å². The molecular formula is C15H23NOS. The van der Waals surface area contributed by atoms with Gasteiger partial charge in [0.15, 0.2) is 0 Å². The summed E-state index contributed by atoms with van der Waals surface area (Å²) in [7, 11) is 0. The van der Waals surface area contributed by atoms with Crippen LogP contribution in [-0.4, -0.2) is 18.8 Å². The molecular weight excluding hydrogens is 242 g/mol. The standard InChI is InChI=1S/C15H23NOS/c1-12-3-2-6-15(7-4-12)14(16-8-9-17-15)13-5-10-18-11-13/h5,10-12,14,16H,2-4,6-9H2,1H3. The summed E-state index contributed by atoms with van der Waals surface area (Å²) in [4.78, 5) is 0. The molecule has 2 aliphatic rings. The Kier molecular flexibility index (Phi) is 3.73. The summed E-state index contributed by atoms with van der Waals surface area (Å²) < 4.78 is 6.31. The summed E-state index contributed by atoms with van der Waals surface area (Å²) >= 11 is 1.79. The number of hydrogen-bond donors (Lipinski definition) is 1. The van der Waals surface area contributed by atoms with Gasteiger partial charge in [-0.25, -0.2) is 0 Å². The van der Waals surface area contributed by atoms with E-state index in [0.29, 0.717) is 6.04 Å². The van der Waals surface area contributed by atoms with Gasteiger partial charge in [-0.05, 0) is 47.6 Å². The Bertz CT molecular complexity index is 378. The van der Waals surface area contributed by atoms with Gasteiger partial charge in [-0.15, -0.1) is 0 Å². The van der Waals surface area contributed by atoms with Crippen molar-refractivity contribution >= 4 is 11.3 Å². The van der Waals surface area contributed by atoms with Gasteiger partial charge in [-0.2, -0.15) is 11.3 Å². The summed E-state index contributed by atoms with van der Waals surface area (Å²) in [6.45, 7) is 4.24. The molecule has 0 bridgehead atoms. The lowest BCUT2D eigenvalue weighted by Crippen LogP contribution is -2.51. The third-order valence-electron chi connectivity index (χ3n) is 4.60. The predicted molar refractivity (Wildman–Crippen MR) is 76.0 cm³/mol. The van der Waals surface area contributed by atoms with Gasteiger partial charge in [-0.1, -0.05) is 19.8 Å². The number of morpholine rings is 1. The maximum atomic E-state index is 6.31. The number of rotatable bonds is 1. The van der Waals surface area contributed by atoms with E-state index in [4.69, 9.17) is 4.74 Å². The number of hydrogen-bond acceptors (Lipinski definition) is 3. The van der Waals surface area contributed by atoms with E-state index in [1.165, 1.54) is 37.7 Å². The Labute approximate surface area is 114 Å². The van der Waals surface area contributed by atoms with Crippen molar-refractivity contribution < 1.29 is 4.74 Å². The molecule has 2 heterocycles. The van der Waals surface area contributed by atoms with Crippen molar-refractivity contribution in [3.05, 3.63) is 22.4 Å². The molecule has 18 heavy (non-hydrogen) atoms. The molecule has 1 aliphatic heterocycles. The quantitative estimate of drug-likeness (QED) is 0.835. The minimum absolute atomic E-state index is 0.0596. The normalized spacial score (nSPS) is 37.6. The second-order valence-electron chi connectivity index (χ2n) is 5.89. The minimum Gasteiger partial charge on any atom is -0.372 e. The van der Waals surface area contributed by atoms with Crippen LogP contribution in [0.25, 0.3) is 0 Å². The van der Waals surface area contributed by atoms with E-state index in [0.717, 1.165) is 19.1 Å². The van der Waals surface area contributed by atoms with Crippen molar-refractivity contribution in [1.29, 1.82) is 0 Å². The van der Waals surface area contributed by atoms with Crippen LogP contribution in [0, 0.1) is 5.92 Å². The van der Waals surface area contributed by atoms with Crippen LogP contribution < -0.4 is 5.32 Å². The van der Waals surface area contributed by atoms with Crippen molar-refractivity contribution in [2.45, 2.75) is 50.7 Å². The minimum atomic E-state index is 0.0596. The molecule has 2 fully saturated rings. The third-order valence-corrected chi connectivity index (χ3v) is 5.30. The van der Waals surface area contributed by atoms with Crippen LogP contribution in [0.15, 0.2) is 16.8 Å². The van der Waals surface area contributed by atoms with Crippen LogP contribution in [0.4, 0.5) is 0 Å². The molecule has 0 aromatic carbocycles. The van der Waals surface area contributed by atoms with E-state index in [-0.39, 0.29) is 5.60 Å². The molecule has 1 aliphatic carbocycles. The molecule has 2 nitrogen and oxygen atoms in total. The summed E-state index contributed by atoms with van der Waals surface area (Å²) in [5.74, 6) is 0.859. The lowest BCUT2D eigenvalue weighted by Gasteiger charge is -2.44. The average molecular weight is 265 g/mol. The monoisotopic (exact) mass is 265 g/mol. The molecule has 1 aromatic heterocycles. The molecule has 1 aromatic rings. The molecule has 3 unspecified atom stereocenters. The van der Waals surface area contributed by atoms with Gasteiger partial charge in [0, 0.05) is 6.54 Å². The zero-order chi connectivity index (χ0) is 12.4. The smallest absolute Gasteiger partial charge is 0.0877 e. The second-order valence-corrected chi connectivity index (χ2v) is 6.67. The summed E-state index contributed by atoms with van der Waals surface area (Å²) in [5, 5.41) is 8.17. The molecule has 0 amide bonds. The number of ether oxygens (including phenoxy) is 1. The van der Waals surface area contributed by atoms with E-state index >= 15 is 0 Å². The van der Waals surface area contributed by atoms with E-state index < -0.39 is 0 Å². The molecule has 3 atom stereocenters. The van der Waals surface area contributed by atoms with Gasteiger partial charge in [0.2, 0.25) is 0 Å². The van der Waals surface area contributed by atoms with Crippen molar-refractivity contribution in [3.8, 4) is 0 Å². The third kappa shape index (κ3) is 2.36. The van der Waals surface area contributed by atoms with E-state index in [1.807, 2.05) is 0 Å². The highest BCUT2D eigenvalue weighted by Crippen LogP contribution is 2.43. The Hall–Kier alpha value is -0.380. The van der Waals surface area contributed by atoms with E-state index in [1.54, 1.807) is 11.3 Å². The zero-order valence-electron chi connectivity index (χ0n) is 11.2. The highest BCUT2D eigenvalue weighted by molar-refractivity contribution is 7.07. The summed E-state index contributed by atoms with van der Waals surface area (Å²) in [6.07, 6.45) is 6.40. The number of nitrogens with one attached hydrogen (secondary N) is 1. The first kappa shape index (κ1) is 12.6. The van der Waals surface area contributed by atoms with Crippen LogP contribution in [0.3, 0.4) is 0 Å². The predicted octanol–water partition coefficient (Wildman–Crippen LogP) is 3.75. The van der Waals surface area contributed by atoms with E-state index in [2.05, 4.69) is 29.1 Å². The first-order valence-corrected chi connectivity index (χ1v) is 8.14. The van der Waals surface area contributed by atoms with Crippen LogP contribution >= 0.6 is 11.3 Å². The molecule has 1 N–H and O–H groups in total. The molecule has 1 spiro atoms. The maximum absolute atomic E-state index is 6.31. The number of thiophene rings is 1. The highest BCUT2D eigenvalue weighted by atomic mass is 32.1. The Morgan fingerprint density at radius 2 is 2.33 bits per heavy atom. The Morgan fingerprint density at radius 3 is 3.17 bits per heavy atom. The first-order valence-electron chi connectivity index (χ1n) is 7.20. The van der Waals surface area contributed by atoms with Gasteiger partial charge in [0.05, 0.1) is 18.2 Å². The largest absolute Gasteiger partial charge is 0.372 e. The fourth-order valence-corrected chi connectivity index (χ4v) is 4.22. The Balaban J connectivity index is 1.86. The zero-order valence-corrected chi connectivity index (χ0v) is 12.0. The van der Waals surface area contributed by atoms with Gasteiger partial charge in [0.25, 0.3) is 0 Å². The first-order chi connectivity index (χ1) is 8.80. The van der Waals surface area contributed by atoms with Gasteiger partial charge >= 0.3 is 0 Å².